The molecule has 0 saturated heterocycles. The Kier molecular flexibility index (Phi) is 6.33. The van der Waals surface area contributed by atoms with E-state index in [1.165, 1.54) is 14.2 Å². The molecule has 0 amide bonds. The van der Waals surface area contributed by atoms with Crippen LogP contribution in [-0.2, 0) is 9.47 Å². The average molecular weight is 393 g/mol. The van der Waals surface area contributed by atoms with Crippen molar-refractivity contribution >= 4 is 51.3 Å². The average Bonchev–Trinajstić information content (AvgIpc) is 2.92. The molecule has 1 aromatic heterocycles. The maximum Gasteiger partial charge on any atom is 0.348 e. The number of hydrogen-bond acceptors (Lipinski definition) is 6. The Morgan fingerprint density at radius 3 is 2.27 bits per heavy atom. The second-order valence-electron chi connectivity index (χ2n) is 5.64. The van der Waals surface area contributed by atoms with Crippen molar-refractivity contribution < 1.29 is 19.1 Å². The molecule has 0 aliphatic carbocycles. The van der Waals surface area contributed by atoms with Gasteiger partial charge in [-0.15, -0.1) is 11.3 Å². The Bertz CT molecular complexity index is 874. The predicted molar refractivity (Wildman–Crippen MR) is 107 cm³/mol. The number of methoxy groups -OCH3 is 2. The van der Waals surface area contributed by atoms with Crippen LogP contribution >= 0.6 is 23.6 Å². The summed E-state index contributed by atoms with van der Waals surface area (Å²) in [4.78, 5) is 24.4. The zero-order chi connectivity index (χ0) is 19.4. The fourth-order valence-corrected chi connectivity index (χ4v) is 3.84. The molecule has 0 unspecified atom stereocenters. The third-order valence-corrected chi connectivity index (χ3v) is 5.16. The summed E-state index contributed by atoms with van der Waals surface area (Å²) in [5, 5.41) is 6.82. The van der Waals surface area contributed by atoms with Gasteiger partial charge in [0, 0.05) is 5.69 Å². The molecule has 0 atom stereocenters. The number of carbonyl (C=O) groups is 2. The van der Waals surface area contributed by atoms with Gasteiger partial charge in [0.05, 0.1) is 19.8 Å². The number of anilines is 2. The second kappa shape index (κ2) is 8.29. The van der Waals surface area contributed by atoms with Crippen molar-refractivity contribution in [2.75, 3.05) is 24.9 Å². The van der Waals surface area contributed by atoms with Crippen LogP contribution in [0.3, 0.4) is 0 Å². The Balaban J connectivity index is 2.31. The van der Waals surface area contributed by atoms with Crippen molar-refractivity contribution in [3.05, 3.63) is 45.3 Å². The van der Waals surface area contributed by atoms with Crippen LogP contribution in [0.5, 0.6) is 0 Å². The molecular weight excluding hydrogens is 372 g/mol. The highest BCUT2D eigenvalue weighted by molar-refractivity contribution is 7.80. The Hall–Kier alpha value is -2.45. The standard InChI is InChI=1S/C18H20N2O4S2/c1-9-6-7-12(10(2)8-9)19-18(25)20-15-13(16(21)23-4)11(3)14(26-15)17(22)24-5/h6-8H,1-5H3,(H2,19,20,25). The molecule has 2 aromatic rings. The van der Waals surface area contributed by atoms with Crippen LogP contribution in [0.15, 0.2) is 18.2 Å². The van der Waals surface area contributed by atoms with E-state index in [2.05, 4.69) is 10.6 Å². The van der Waals surface area contributed by atoms with Crippen molar-refractivity contribution in [3.63, 3.8) is 0 Å². The van der Waals surface area contributed by atoms with Crippen molar-refractivity contribution in [2.45, 2.75) is 20.8 Å². The molecule has 8 heteroatoms. The van der Waals surface area contributed by atoms with E-state index in [1.54, 1.807) is 6.92 Å². The van der Waals surface area contributed by atoms with E-state index in [-0.39, 0.29) is 5.56 Å². The number of rotatable bonds is 4. The molecule has 2 rings (SSSR count). The molecule has 0 bridgehead atoms. The van der Waals surface area contributed by atoms with E-state index in [1.807, 2.05) is 32.0 Å². The van der Waals surface area contributed by atoms with Crippen LogP contribution in [0.4, 0.5) is 10.7 Å². The first-order valence-electron chi connectivity index (χ1n) is 7.73. The molecule has 1 aromatic carbocycles. The molecular formula is C18H20N2O4S2. The molecule has 0 radical (unpaired) electrons. The topological polar surface area (TPSA) is 76.7 Å². The Labute approximate surface area is 161 Å². The van der Waals surface area contributed by atoms with Crippen LogP contribution in [0.25, 0.3) is 0 Å². The molecule has 0 aliphatic heterocycles. The van der Waals surface area contributed by atoms with Crippen LogP contribution in [0.2, 0.25) is 0 Å². The number of nitrogens with one attached hydrogen (secondary N) is 2. The van der Waals surface area contributed by atoms with Gasteiger partial charge in [0.25, 0.3) is 0 Å². The maximum absolute atomic E-state index is 12.1. The summed E-state index contributed by atoms with van der Waals surface area (Å²) in [6.07, 6.45) is 0. The van der Waals surface area contributed by atoms with Gasteiger partial charge >= 0.3 is 11.9 Å². The second-order valence-corrected chi connectivity index (χ2v) is 7.07. The number of aryl methyl sites for hydroxylation is 2. The number of thiocarbonyl (C=S) groups is 1. The smallest absolute Gasteiger partial charge is 0.348 e. The maximum atomic E-state index is 12.1. The van der Waals surface area contributed by atoms with E-state index in [9.17, 15) is 9.59 Å². The van der Waals surface area contributed by atoms with Crippen LogP contribution in [0.1, 0.15) is 36.7 Å². The monoisotopic (exact) mass is 392 g/mol. The minimum atomic E-state index is -0.550. The number of hydrogen-bond donors (Lipinski definition) is 2. The molecule has 0 aliphatic rings. The largest absolute Gasteiger partial charge is 0.465 e. The number of ether oxygens (including phenoxy) is 2. The summed E-state index contributed by atoms with van der Waals surface area (Å²) in [5.74, 6) is -1.07. The lowest BCUT2D eigenvalue weighted by atomic mass is 10.1. The predicted octanol–water partition coefficient (Wildman–Crippen LogP) is 4.06. The summed E-state index contributed by atoms with van der Waals surface area (Å²) in [6, 6.07) is 5.94. The van der Waals surface area contributed by atoms with Gasteiger partial charge in [-0.25, -0.2) is 9.59 Å². The first-order valence-corrected chi connectivity index (χ1v) is 8.96. The highest BCUT2D eigenvalue weighted by atomic mass is 32.1. The fraction of sp³-hybridized carbons (Fsp3) is 0.278. The molecule has 2 N–H and O–H groups in total. The molecule has 0 spiro atoms. The first kappa shape index (κ1) is 19.9. The number of esters is 2. The van der Waals surface area contributed by atoms with E-state index in [4.69, 9.17) is 21.7 Å². The molecule has 26 heavy (non-hydrogen) atoms. The lowest BCUT2D eigenvalue weighted by Gasteiger charge is -2.13. The van der Waals surface area contributed by atoms with Gasteiger partial charge in [0.1, 0.15) is 9.88 Å². The van der Waals surface area contributed by atoms with Gasteiger partial charge in [-0.05, 0) is 50.2 Å². The van der Waals surface area contributed by atoms with Gasteiger partial charge in [0.15, 0.2) is 5.11 Å². The number of benzene rings is 1. The van der Waals surface area contributed by atoms with E-state index >= 15 is 0 Å². The highest BCUT2D eigenvalue weighted by Crippen LogP contribution is 2.34. The molecule has 0 fully saturated rings. The SMILES string of the molecule is COC(=O)c1sc(NC(=S)Nc2ccc(C)cc2C)c(C(=O)OC)c1C. The molecule has 138 valence electrons. The Morgan fingerprint density at radius 1 is 1.04 bits per heavy atom. The molecule has 6 nitrogen and oxygen atoms in total. The third-order valence-electron chi connectivity index (χ3n) is 3.76. The minimum absolute atomic E-state index is 0.266. The van der Waals surface area contributed by atoms with Crippen LogP contribution in [0, 0.1) is 20.8 Å². The summed E-state index contributed by atoms with van der Waals surface area (Å²) < 4.78 is 9.60. The molecule has 0 saturated carbocycles. The third kappa shape index (κ3) is 4.20. The first-order chi connectivity index (χ1) is 12.3. The van der Waals surface area contributed by atoms with Gasteiger partial charge in [-0.1, -0.05) is 17.7 Å². The van der Waals surface area contributed by atoms with E-state index < -0.39 is 11.9 Å². The van der Waals surface area contributed by atoms with Gasteiger partial charge in [-0.3, -0.25) is 0 Å². The Morgan fingerprint density at radius 2 is 1.69 bits per heavy atom. The lowest BCUT2D eigenvalue weighted by Crippen LogP contribution is -2.20. The van der Waals surface area contributed by atoms with Crippen LogP contribution < -0.4 is 10.6 Å². The quantitative estimate of drug-likeness (QED) is 0.600. The van der Waals surface area contributed by atoms with E-state index in [0.29, 0.717) is 20.6 Å². The summed E-state index contributed by atoms with van der Waals surface area (Å²) in [6.45, 7) is 5.65. The van der Waals surface area contributed by atoms with Gasteiger partial charge in [0.2, 0.25) is 0 Å². The van der Waals surface area contributed by atoms with Crippen LogP contribution in [-0.4, -0.2) is 31.3 Å². The van der Waals surface area contributed by atoms with E-state index in [0.717, 1.165) is 28.2 Å². The highest BCUT2D eigenvalue weighted by Gasteiger charge is 2.26. The normalized spacial score (nSPS) is 10.2. The van der Waals surface area contributed by atoms with Gasteiger partial charge in [-0.2, -0.15) is 0 Å². The van der Waals surface area contributed by atoms with Gasteiger partial charge < -0.3 is 20.1 Å². The minimum Gasteiger partial charge on any atom is -0.465 e. The fourth-order valence-electron chi connectivity index (χ4n) is 2.45. The zero-order valence-corrected chi connectivity index (χ0v) is 16.8. The summed E-state index contributed by atoms with van der Waals surface area (Å²) in [5.41, 5.74) is 3.80. The van der Waals surface area contributed by atoms with Crippen molar-refractivity contribution in [2.24, 2.45) is 0 Å². The summed E-state index contributed by atoms with van der Waals surface area (Å²) >= 11 is 6.45. The van der Waals surface area contributed by atoms with Crippen molar-refractivity contribution in [1.82, 2.24) is 0 Å². The van der Waals surface area contributed by atoms with Crippen molar-refractivity contribution in [1.29, 1.82) is 0 Å². The number of thiophene rings is 1. The zero-order valence-electron chi connectivity index (χ0n) is 15.2. The number of carbonyl (C=O) groups excluding carboxylic acids is 2. The molecule has 1 heterocycles. The summed E-state index contributed by atoms with van der Waals surface area (Å²) in [7, 11) is 2.58. The lowest BCUT2D eigenvalue weighted by molar-refractivity contribution is 0.0601. The van der Waals surface area contributed by atoms with Crippen molar-refractivity contribution in [3.8, 4) is 0 Å².